The minimum Gasteiger partial charge on any atom is -0.489 e. The maximum atomic E-state index is 13.8. The number of fused-ring (bicyclic) bond motifs is 2. The number of benzene rings is 3. The van der Waals surface area contributed by atoms with E-state index in [2.05, 4.69) is 4.99 Å². The van der Waals surface area contributed by atoms with E-state index in [1.807, 2.05) is 30.3 Å². The van der Waals surface area contributed by atoms with Crippen LogP contribution in [-0.4, -0.2) is 82.6 Å². The number of hydrogen-bond acceptors (Lipinski definition) is 8. The van der Waals surface area contributed by atoms with Gasteiger partial charge in [0.25, 0.3) is 5.91 Å². The van der Waals surface area contributed by atoms with Gasteiger partial charge in [-0.2, -0.15) is 0 Å². The van der Waals surface area contributed by atoms with Crippen LogP contribution in [0.2, 0.25) is 0 Å². The predicted octanol–water partition coefficient (Wildman–Crippen LogP) is 2.25. The molecule has 0 saturated heterocycles. The molecule has 1 aliphatic heterocycles. The van der Waals surface area contributed by atoms with E-state index < -0.39 is 30.4 Å². The first-order valence-electron chi connectivity index (χ1n) is 13.8. The molecule has 0 fully saturated rings. The molecule has 3 aromatic carbocycles. The van der Waals surface area contributed by atoms with Gasteiger partial charge in [-0.3, -0.25) is 19.3 Å². The summed E-state index contributed by atoms with van der Waals surface area (Å²) < 4.78 is 11.6. The maximum Gasteiger partial charge on any atom is 0.343 e. The Hall–Kier alpha value is -5.43. The normalized spacial score (nSPS) is 12.6. The highest BCUT2D eigenvalue weighted by Crippen LogP contribution is 2.34. The number of nitrogens with two attached hydrogens (primary N) is 2. The molecule has 1 heterocycles. The third-order valence-electron chi connectivity index (χ3n) is 6.72. The molecule has 1 amide bonds. The molecule has 0 saturated carbocycles. The Morgan fingerprint density at radius 3 is 2.36 bits per heavy atom. The number of esters is 1. The molecule has 6 N–H and O–H groups in total. The topological polar surface area (TPSA) is 198 Å². The molecule has 0 unspecified atom stereocenters. The number of aliphatic carboxylic acids is 2. The first-order chi connectivity index (χ1) is 21.1. The van der Waals surface area contributed by atoms with Gasteiger partial charge in [-0.25, -0.2) is 9.79 Å². The SMILES string of the molecule is NC(N)=Nc1ccc2c(c1)CCCOc1c(cccc1C(=O)N(CCN(CC(=O)O)Cc1ccccc1)CC(=O)O)OC2=O. The summed E-state index contributed by atoms with van der Waals surface area (Å²) in [6.07, 6.45) is 0.895. The summed E-state index contributed by atoms with van der Waals surface area (Å²) in [5, 5.41) is 19.0. The van der Waals surface area contributed by atoms with Crippen molar-refractivity contribution in [1.29, 1.82) is 0 Å². The predicted molar refractivity (Wildman–Crippen MR) is 160 cm³/mol. The van der Waals surface area contributed by atoms with Gasteiger partial charge in [-0.05, 0) is 54.3 Å². The van der Waals surface area contributed by atoms with Crippen LogP contribution in [0.5, 0.6) is 11.5 Å². The van der Waals surface area contributed by atoms with Crippen molar-refractivity contribution >= 4 is 35.5 Å². The summed E-state index contributed by atoms with van der Waals surface area (Å²) in [4.78, 5) is 57.0. The monoisotopic (exact) mass is 603 g/mol. The Bertz CT molecular complexity index is 1560. The van der Waals surface area contributed by atoms with Gasteiger partial charge >= 0.3 is 17.9 Å². The van der Waals surface area contributed by atoms with Gasteiger partial charge in [0, 0.05) is 19.6 Å². The first-order valence-corrected chi connectivity index (χ1v) is 13.8. The fraction of sp³-hybridized carbons (Fsp3) is 0.258. The summed E-state index contributed by atoms with van der Waals surface area (Å²) in [6.45, 7) is -0.497. The summed E-state index contributed by atoms with van der Waals surface area (Å²) in [7, 11) is 0. The maximum absolute atomic E-state index is 13.8. The van der Waals surface area contributed by atoms with Crippen LogP contribution in [0.3, 0.4) is 0 Å². The first kappa shape index (κ1) is 31.5. The average molecular weight is 604 g/mol. The van der Waals surface area contributed by atoms with Crippen molar-refractivity contribution in [3.63, 3.8) is 0 Å². The van der Waals surface area contributed by atoms with E-state index >= 15 is 0 Å². The zero-order valence-electron chi connectivity index (χ0n) is 23.8. The van der Waals surface area contributed by atoms with Gasteiger partial charge < -0.3 is 36.1 Å². The molecule has 44 heavy (non-hydrogen) atoms. The number of aryl methyl sites for hydroxylation is 1. The summed E-state index contributed by atoms with van der Waals surface area (Å²) in [5.74, 6) is -3.78. The highest BCUT2D eigenvalue weighted by molar-refractivity contribution is 6.00. The number of ether oxygens (including phenoxy) is 2. The molecular weight excluding hydrogens is 570 g/mol. The van der Waals surface area contributed by atoms with Crippen LogP contribution in [0, 0.1) is 0 Å². The zero-order valence-corrected chi connectivity index (χ0v) is 23.8. The smallest absolute Gasteiger partial charge is 0.343 e. The molecular formula is C31H33N5O8. The van der Waals surface area contributed by atoms with Crippen LogP contribution < -0.4 is 20.9 Å². The van der Waals surface area contributed by atoms with Crippen molar-refractivity contribution in [3.8, 4) is 11.5 Å². The van der Waals surface area contributed by atoms with E-state index in [0.717, 1.165) is 10.5 Å². The lowest BCUT2D eigenvalue weighted by atomic mass is 10.0. The number of guanidine groups is 1. The third kappa shape index (κ3) is 8.55. The molecule has 0 atom stereocenters. The molecule has 13 nitrogen and oxygen atoms in total. The van der Waals surface area contributed by atoms with Gasteiger partial charge in [0.05, 0.1) is 30.0 Å². The molecule has 0 spiro atoms. The lowest BCUT2D eigenvalue weighted by molar-refractivity contribution is -0.139. The van der Waals surface area contributed by atoms with Crippen molar-refractivity contribution in [2.75, 3.05) is 32.8 Å². The molecule has 0 bridgehead atoms. The second-order valence-electron chi connectivity index (χ2n) is 10.1. The largest absolute Gasteiger partial charge is 0.489 e. The Balaban J connectivity index is 1.59. The fourth-order valence-electron chi connectivity index (χ4n) is 4.80. The number of carbonyl (C=O) groups excluding carboxylic acids is 2. The number of carbonyl (C=O) groups is 4. The van der Waals surface area contributed by atoms with Crippen LogP contribution in [0.4, 0.5) is 5.69 Å². The highest BCUT2D eigenvalue weighted by atomic mass is 16.6. The van der Waals surface area contributed by atoms with Gasteiger partial charge in [0.15, 0.2) is 17.5 Å². The van der Waals surface area contributed by atoms with Crippen LogP contribution >= 0.6 is 0 Å². The number of carboxylic acid groups (broad SMARTS) is 2. The molecule has 4 rings (SSSR count). The third-order valence-corrected chi connectivity index (χ3v) is 6.72. The minimum atomic E-state index is -1.25. The molecule has 0 radical (unpaired) electrons. The van der Waals surface area contributed by atoms with Crippen molar-refractivity contribution in [1.82, 2.24) is 9.80 Å². The second kappa shape index (κ2) is 14.6. The number of hydrogen-bond donors (Lipinski definition) is 4. The van der Waals surface area contributed by atoms with E-state index in [0.29, 0.717) is 29.7 Å². The van der Waals surface area contributed by atoms with E-state index in [9.17, 15) is 29.4 Å². The van der Waals surface area contributed by atoms with Gasteiger partial charge in [-0.15, -0.1) is 0 Å². The molecule has 3 aromatic rings. The molecule has 1 aliphatic rings. The Kier molecular flexibility index (Phi) is 10.5. The van der Waals surface area contributed by atoms with E-state index in [4.69, 9.17) is 20.9 Å². The summed E-state index contributed by atoms with van der Waals surface area (Å²) >= 11 is 0. The molecule has 230 valence electrons. The second-order valence-corrected chi connectivity index (χ2v) is 10.1. The van der Waals surface area contributed by atoms with Crippen molar-refractivity contribution in [3.05, 3.63) is 89.0 Å². The molecule has 0 aromatic heterocycles. The average Bonchev–Trinajstić information content (AvgIpc) is 2.97. The van der Waals surface area contributed by atoms with Crippen LogP contribution in [0.15, 0.2) is 71.7 Å². The highest BCUT2D eigenvalue weighted by Gasteiger charge is 2.27. The number of amides is 1. The lowest BCUT2D eigenvalue weighted by Crippen LogP contribution is -2.42. The van der Waals surface area contributed by atoms with Crippen LogP contribution in [0.25, 0.3) is 0 Å². The Labute approximate surface area is 253 Å². The number of aliphatic imine (C=N–C) groups is 1. The van der Waals surface area contributed by atoms with E-state index in [-0.39, 0.29) is 55.8 Å². The van der Waals surface area contributed by atoms with Crippen molar-refractivity contribution in [2.24, 2.45) is 16.5 Å². The summed E-state index contributed by atoms with van der Waals surface area (Å²) in [5.41, 5.74) is 13.3. The van der Waals surface area contributed by atoms with Gasteiger partial charge in [0.2, 0.25) is 0 Å². The lowest BCUT2D eigenvalue weighted by Gasteiger charge is -2.27. The zero-order chi connectivity index (χ0) is 31.6. The van der Waals surface area contributed by atoms with Crippen molar-refractivity contribution in [2.45, 2.75) is 19.4 Å². The summed E-state index contributed by atoms with van der Waals surface area (Å²) in [6, 6.07) is 18.5. The molecule has 0 aliphatic carbocycles. The van der Waals surface area contributed by atoms with Crippen molar-refractivity contribution < 1.29 is 38.9 Å². The Morgan fingerprint density at radius 2 is 1.66 bits per heavy atom. The fourth-order valence-corrected chi connectivity index (χ4v) is 4.80. The number of carboxylic acids is 2. The van der Waals surface area contributed by atoms with E-state index in [1.165, 1.54) is 18.2 Å². The van der Waals surface area contributed by atoms with Crippen LogP contribution in [-0.2, 0) is 22.6 Å². The van der Waals surface area contributed by atoms with E-state index in [1.54, 1.807) is 23.1 Å². The quantitative estimate of drug-likeness (QED) is 0.108. The number of nitrogens with zero attached hydrogens (tertiary/aromatic N) is 3. The number of para-hydroxylation sites is 1. The molecule has 13 heteroatoms. The van der Waals surface area contributed by atoms with Gasteiger partial charge in [0.1, 0.15) is 6.54 Å². The van der Waals surface area contributed by atoms with Crippen LogP contribution in [0.1, 0.15) is 38.3 Å². The number of rotatable bonds is 11. The van der Waals surface area contributed by atoms with Gasteiger partial charge in [-0.1, -0.05) is 36.4 Å². The minimum absolute atomic E-state index is 0.00569. The standard InChI is InChI=1S/C31H33N5O8/c32-31(33)34-22-11-12-23-21(16-22)8-5-15-43-28-24(9-4-10-25(28)44-30(23)42)29(41)36(19-27(39)40)14-13-35(18-26(37)38)17-20-6-2-1-3-7-20/h1-4,6-7,9-12,16H,5,8,13-15,17-19H2,(H,37,38)(H,39,40)(H4,32,33,34). The Morgan fingerprint density at radius 1 is 0.909 bits per heavy atom.